The second-order valence-electron chi connectivity index (χ2n) is 4.97. The van der Waals surface area contributed by atoms with Crippen molar-refractivity contribution < 1.29 is 31.1 Å². The predicted octanol–water partition coefficient (Wildman–Crippen LogP) is 4.96. The van der Waals surface area contributed by atoms with E-state index in [2.05, 4.69) is 11.2 Å². The molecule has 0 aliphatic carbocycles. The normalized spacial score (nSPS) is 11.7. The zero-order valence-electron chi connectivity index (χ0n) is 12.3. The van der Waals surface area contributed by atoms with E-state index in [9.17, 15) is 31.1 Å². The fourth-order valence-electron chi connectivity index (χ4n) is 1.94. The van der Waals surface area contributed by atoms with Gasteiger partial charge in [0.25, 0.3) is 5.91 Å². The molecule has 0 heterocycles. The Morgan fingerprint density at radius 3 is 1.76 bits per heavy atom. The van der Waals surface area contributed by atoms with E-state index in [1.165, 1.54) is 24.3 Å². The van der Waals surface area contributed by atoms with Crippen LogP contribution in [-0.4, -0.2) is 5.91 Å². The number of terminal acetylenes is 1. The maximum atomic E-state index is 12.8. The van der Waals surface area contributed by atoms with Crippen molar-refractivity contribution >= 4 is 11.6 Å². The standard InChI is InChI=1S/C17H9F6NO/c1-2-10-3-5-14(6-4-10)24-15(25)11-7-12(16(18,19)20)9-13(8-11)17(21,22)23/h1,3-9H,(H,24,25). The van der Waals surface area contributed by atoms with E-state index in [0.717, 1.165) is 0 Å². The third kappa shape index (κ3) is 4.53. The molecule has 0 bridgehead atoms. The monoisotopic (exact) mass is 357 g/mol. The number of rotatable bonds is 2. The number of amides is 1. The van der Waals surface area contributed by atoms with Crippen molar-refractivity contribution in [3.05, 3.63) is 64.7 Å². The number of carbonyl (C=O) groups is 1. The number of benzene rings is 2. The maximum absolute atomic E-state index is 12.8. The van der Waals surface area contributed by atoms with E-state index in [4.69, 9.17) is 6.42 Å². The quantitative estimate of drug-likeness (QED) is 0.598. The van der Waals surface area contributed by atoms with Crippen molar-refractivity contribution in [2.24, 2.45) is 0 Å². The Labute approximate surface area is 138 Å². The number of nitrogens with one attached hydrogen (secondary N) is 1. The van der Waals surface area contributed by atoms with Crippen LogP contribution in [0.5, 0.6) is 0 Å². The van der Waals surface area contributed by atoms with E-state index in [0.29, 0.717) is 17.7 Å². The van der Waals surface area contributed by atoms with Gasteiger partial charge in [-0.15, -0.1) is 6.42 Å². The van der Waals surface area contributed by atoms with Crippen molar-refractivity contribution in [3.8, 4) is 12.3 Å². The van der Waals surface area contributed by atoms with E-state index < -0.39 is 35.0 Å². The Balaban J connectivity index is 2.39. The molecule has 25 heavy (non-hydrogen) atoms. The second-order valence-corrected chi connectivity index (χ2v) is 4.97. The van der Waals surface area contributed by atoms with E-state index in [-0.39, 0.29) is 11.8 Å². The van der Waals surface area contributed by atoms with Gasteiger partial charge in [0, 0.05) is 16.8 Å². The van der Waals surface area contributed by atoms with Crippen LogP contribution in [0.15, 0.2) is 42.5 Å². The number of halogens is 6. The third-order valence-electron chi connectivity index (χ3n) is 3.16. The first-order chi connectivity index (χ1) is 11.5. The fourth-order valence-corrected chi connectivity index (χ4v) is 1.94. The number of hydrogen-bond acceptors (Lipinski definition) is 1. The second kappa shape index (κ2) is 6.51. The molecule has 0 aromatic heterocycles. The lowest BCUT2D eigenvalue weighted by atomic mass is 10.0. The highest BCUT2D eigenvalue weighted by Crippen LogP contribution is 2.36. The van der Waals surface area contributed by atoms with Crippen LogP contribution in [0.25, 0.3) is 0 Å². The molecule has 1 N–H and O–H groups in total. The van der Waals surface area contributed by atoms with Crippen LogP contribution < -0.4 is 5.32 Å². The van der Waals surface area contributed by atoms with Gasteiger partial charge in [0.05, 0.1) is 11.1 Å². The van der Waals surface area contributed by atoms with Gasteiger partial charge >= 0.3 is 12.4 Å². The first-order valence-corrected chi connectivity index (χ1v) is 6.68. The van der Waals surface area contributed by atoms with Crippen LogP contribution in [0, 0.1) is 12.3 Å². The molecule has 0 saturated carbocycles. The Morgan fingerprint density at radius 2 is 1.36 bits per heavy atom. The highest BCUT2D eigenvalue weighted by atomic mass is 19.4. The van der Waals surface area contributed by atoms with Gasteiger partial charge in [0.2, 0.25) is 0 Å². The minimum absolute atomic E-state index is 0.0432. The topological polar surface area (TPSA) is 29.1 Å². The van der Waals surface area contributed by atoms with Crippen molar-refractivity contribution in [2.45, 2.75) is 12.4 Å². The molecule has 1 amide bonds. The first kappa shape index (κ1) is 18.4. The van der Waals surface area contributed by atoms with Gasteiger partial charge in [-0.1, -0.05) is 5.92 Å². The lowest BCUT2D eigenvalue weighted by Crippen LogP contribution is -2.17. The van der Waals surface area contributed by atoms with Crippen LogP contribution in [0.3, 0.4) is 0 Å². The Bertz CT molecular complexity index is 796. The van der Waals surface area contributed by atoms with Crippen LogP contribution in [0.1, 0.15) is 27.0 Å². The first-order valence-electron chi connectivity index (χ1n) is 6.68. The molecule has 0 spiro atoms. The largest absolute Gasteiger partial charge is 0.416 e. The summed E-state index contributed by atoms with van der Waals surface area (Å²) in [6.07, 6.45) is -4.89. The predicted molar refractivity (Wildman–Crippen MR) is 78.8 cm³/mol. The molecule has 2 nitrogen and oxygen atoms in total. The van der Waals surface area contributed by atoms with Gasteiger partial charge in [-0.25, -0.2) is 0 Å². The van der Waals surface area contributed by atoms with E-state index in [1.54, 1.807) is 0 Å². The summed E-state index contributed by atoms with van der Waals surface area (Å²) < 4.78 is 76.8. The molecular formula is C17H9F6NO. The minimum atomic E-state index is -5.02. The highest BCUT2D eigenvalue weighted by molar-refractivity contribution is 6.04. The number of alkyl halides is 6. The lowest BCUT2D eigenvalue weighted by Gasteiger charge is -2.14. The van der Waals surface area contributed by atoms with Crippen LogP contribution >= 0.6 is 0 Å². The third-order valence-corrected chi connectivity index (χ3v) is 3.16. The minimum Gasteiger partial charge on any atom is -0.322 e. The molecule has 0 aliphatic heterocycles. The SMILES string of the molecule is C#Cc1ccc(NC(=O)c2cc(C(F)(F)F)cc(C(F)(F)F)c2)cc1. The number of hydrogen-bond donors (Lipinski definition) is 1. The molecule has 8 heteroatoms. The van der Waals surface area contributed by atoms with Gasteiger partial charge in [-0.3, -0.25) is 4.79 Å². The van der Waals surface area contributed by atoms with Crippen molar-refractivity contribution in [1.82, 2.24) is 0 Å². The Kier molecular flexibility index (Phi) is 4.79. The van der Waals surface area contributed by atoms with Gasteiger partial charge < -0.3 is 5.32 Å². The summed E-state index contributed by atoms with van der Waals surface area (Å²) in [5.74, 6) is 1.22. The summed E-state index contributed by atoms with van der Waals surface area (Å²) in [6.45, 7) is 0. The summed E-state index contributed by atoms with van der Waals surface area (Å²) in [5, 5.41) is 2.22. The molecule has 0 radical (unpaired) electrons. The van der Waals surface area contributed by atoms with Crippen LogP contribution in [-0.2, 0) is 12.4 Å². The van der Waals surface area contributed by atoms with Crippen molar-refractivity contribution in [3.63, 3.8) is 0 Å². The molecule has 2 aromatic rings. The highest BCUT2D eigenvalue weighted by Gasteiger charge is 2.37. The average Bonchev–Trinajstić information content (AvgIpc) is 2.53. The van der Waals surface area contributed by atoms with Crippen molar-refractivity contribution in [2.75, 3.05) is 5.32 Å². The summed E-state index contributed by atoms with van der Waals surface area (Å²) in [7, 11) is 0. The molecule has 2 aromatic carbocycles. The van der Waals surface area contributed by atoms with Crippen LogP contribution in [0.4, 0.5) is 32.0 Å². The molecule has 0 unspecified atom stereocenters. The van der Waals surface area contributed by atoms with Gasteiger partial charge in [0.15, 0.2) is 0 Å². The zero-order chi connectivity index (χ0) is 18.8. The molecular weight excluding hydrogens is 348 g/mol. The number of carbonyl (C=O) groups excluding carboxylic acids is 1. The molecule has 2 rings (SSSR count). The van der Waals surface area contributed by atoms with E-state index >= 15 is 0 Å². The fraction of sp³-hybridized carbons (Fsp3) is 0.118. The van der Waals surface area contributed by atoms with E-state index in [1.807, 2.05) is 0 Å². The smallest absolute Gasteiger partial charge is 0.322 e. The summed E-state index contributed by atoms with van der Waals surface area (Å²) in [6, 6.07) is 6.36. The summed E-state index contributed by atoms with van der Waals surface area (Å²) >= 11 is 0. The number of anilines is 1. The molecule has 0 saturated heterocycles. The summed E-state index contributed by atoms with van der Waals surface area (Å²) in [5.41, 5.74) is -3.21. The van der Waals surface area contributed by atoms with Crippen LogP contribution in [0.2, 0.25) is 0 Å². The maximum Gasteiger partial charge on any atom is 0.416 e. The summed E-state index contributed by atoms with van der Waals surface area (Å²) in [4.78, 5) is 12.0. The van der Waals surface area contributed by atoms with Gasteiger partial charge in [0.1, 0.15) is 0 Å². The average molecular weight is 357 g/mol. The molecule has 130 valence electrons. The zero-order valence-corrected chi connectivity index (χ0v) is 12.3. The molecule has 0 fully saturated rings. The Hall–Kier alpha value is -2.95. The Morgan fingerprint density at radius 1 is 0.880 bits per heavy atom. The molecule has 0 atom stereocenters. The van der Waals surface area contributed by atoms with Gasteiger partial charge in [-0.05, 0) is 42.5 Å². The lowest BCUT2D eigenvalue weighted by molar-refractivity contribution is -0.143. The van der Waals surface area contributed by atoms with Crippen molar-refractivity contribution in [1.29, 1.82) is 0 Å². The van der Waals surface area contributed by atoms with Gasteiger partial charge in [-0.2, -0.15) is 26.3 Å². The molecule has 0 aliphatic rings.